The van der Waals surface area contributed by atoms with E-state index >= 15 is 0 Å². The summed E-state index contributed by atoms with van der Waals surface area (Å²) in [6.07, 6.45) is -0.867. The van der Waals surface area contributed by atoms with Gasteiger partial charge in [-0.25, -0.2) is 4.79 Å². The minimum atomic E-state index is -0.867. The zero-order valence-corrected chi connectivity index (χ0v) is 15.0. The third kappa shape index (κ3) is 4.83. The van der Waals surface area contributed by atoms with E-state index in [-0.39, 0.29) is 5.91 Å². The summed E-state index contributed by atoms with van der Waals surface area (Å²) in [6, 6.07) is 14.7. The molecule has 2 rings (SSSR count). The van der Waals surface area contributed by atoms with Crippen molar-refractivity contribution >= 4 is 11.9 Å². The van der Waals surface area contributed by atoms with Gasteiger partial charge in [-0.1, -0.05) is 36.4 Å². The van der Waals surface area contributed by atoms with Crippen LogP contribution in [0.25, 0.3) is 0 Å². The van der Waals surface area contributed by atoms with E-state index in [1.807, 2.05) is 37.3 Å². The topological polar surface area (TPSA) is 55.8 Å². The maximum atomic E-state index is 12.4. The molecule has 0 heterocycles. The molecule has 0 aliphatic carbocycles. The van der Waals surface area contributed by atoms with Crippen molar-refractivity contribution in [3.05, 3.63) is 65.2 Å². The predicted octanol–water partition coefficient (Wildman–Crippen LogP) is 3.21. The quantitative estimate of drug-likeness (QED) is 0.757. The number of benzene rings is 2. The molecule has 0 saturated carbocycles. The maximum Gasteiger partial charge on any atom is 0.339 e. The number of hydrogen-bond acceptors (Lipinski definition) is 4. The molecule has 5 nitrogen and oxygen atoms in total. The number of hydrogen-bond donors (Lipinski definition) is 0. The molecule has 1 atom stereocenters. The van der Waals surface area contributed by atoms with E-state index in [4.69, 9.17) is 9.47 Å². The second-order valence-corrected chi connectivity index (χ2v) is 5.91. The van der Waals surface area contributed by atoms with Crippen LogP contribution in [0.5, 0.6) is 5.75 Å². The van der Waals surface area contributed by atoms with Crippen LogP contribution >= 0.6 is 0 Å². The van der Waals surface area contributed by atoms with E-state index in [1.54, 1.807) is 44.2 Å². The summed E-state index contributed by atoms with van der Waals surface area (Å²) in [6.45, 7) is 3.92. The fourth-order valence-corrected chi connectivity index (χ4v) is 2.47. The molecule has 0 fully saturated rings. The van der Waals surface area contributed by atoms with Gasteiger partial charge in [0.25, 0.3) is 5.91 Å². The van der Waals surface area contributed by atoms with Crippen LogP contribution in [0.1, 0.15) is 28.4 Å². The smallest absolute Gasteiger partial charge is 0.339 e. The number of esters is 1. The Labute approximate surface area is 148 Å². The molecule has 25 heavy (non-hydrogen) atoms. The summed E-state index contributed by atoms with van der Waals surface area (Å²) in [5, 5.41) is 0. The fourth-order valence-electron chi connectivity index (χ4n) is 2.47. The first kappa shape index (κ1) is 18.5. The van der Waals surface area contributed by atoms with Crippen molar-refractivity contribution in [2.45, 2.75) is 26.5 Å². The highest BCUT2D eigenvalue weighted by Crippen LogP contribution is 2.20. The van der Waals surface area contributed by atoms with E-state index < -0.39 is 12.1 Å². The third-order valence-corrected chi connectivity index (χ3v) is 3.91. The Morgan fingerprint density at radius 3 is 2.44 bits per heavy atom. The Kier molecular flexibility index (Phi) is 6.17. The number of amides is 1. The Bertz CT molecular complexity index is 743. The average molecular weight is 341 g/mol. The van der Waals surface area contributed by atoms with E-state index in [0.29, 0.717) is 17.9 Å². The molecule has 0 bridgehead atoms. The van der Waals surface area contributed by atoms with E-state index in [1.165, 1.54) is 0 Å². The molecule has 2 aromatic rings. The van der Waals surface area contributed by atoms with Crippen molar-refractivity contribution in [1.29, 1.82) is 0 Å². The van der Waals surface area contributed by atoms with Gasteiger partial charge in [-0.15, -0.1) is 0 Å². The number of methoxy groups -OCH3 is 1. The lowest BCUT2D eigenvalue weighted by Gasteiger charge is -2.21. The molecule has 2 aromatic carbocycles. The van der Waals surface area contributed by atoms with E-state index in [2.05, 4.69) is 0 Å². The lowest BCUT2D eigenvalue weighted by atomic mass is 10.1. The molecular weight excluding hydrogens is 318 g/mol. The van der Waals surface area contributed by atoms with Gasteiger partial charge < -0.3 is 14.4 Å². The SMILES string of the molecule is COc1cc(C(=O)O[C@@H](C)C(=O)N(C)Cc2ccccc2)ccc1C. The molecule has 0 radical (unpaired) electrons. The van der Waals surface area contributed by atoms with Crippen LogP contribution in [0.15, 0.2) is 48.5 Å². The largest absolute Gasteiger partial charge is 0.496 e. The van der Waals surface area contributed by atoms with Gasteiger partial charge in [0.05, 0.1) is 12.7 Å². The van der Waals surface area contributed by atoms with E-state index in [9.17, 15) is 9.59 Å². The highest BCUT2D eigenvalue weighted by Gasteiger charge is 2.22. The van der Waals surface area contributed by atoms with Gasteiger partial charge >= 0.3 is 5.97 Å². The van der Waals surface area contributed by atoms with Crippen molar-refractivity contribution in [2.24, 2.45) is 0 Å². The Balaban J connectivity index is 1.99. The monoisotopic (exact) mass is 341 g/mol. The Morgan fingerprint density at radius 2 is 1.80 bits per heavy atom. The number of carbonyl (C=O) groups is 2. The summed E-state index contributed by atoms with van der Waals surface area (Å²) in [5.74, 6) is -0.196. The summed E-state index contributed by atoms with van der Waals surface area (Å²) >= 11 is 0. The molecule has 0 unspecified atom stereocenters. The molecule has 132 valence electrons. The molecule has 1 amide bonds. The van der Waals surface area contributed by atoms with Crippen LogP contribution in [-0.4, -0.2) is 37.0 Å². The molecule has 5 heteroatoms. The van der Waals surface area contributed by atoms with Crippen molar-refractivity contribution < 1.29 is 19.1 Å². The third-order valence-electron chi connectivity index (χ3n) is 3.91. The van der Waals surface area contributed by atoms with Gasteiger partial charge in [0.2, 0.25) is 0 Å². The standard InChI is InChI=1S/C20H23NO4/c1-14-10-11-17(12-18(14)24-4)20(23)25-15(2)19(22)21(3)13-16-8-6-5-7-9-16/h5-12,15H,13H2,1-4H3/t15-/m0/s1. The number of nitrogens with zero attached hydrogens (tertiary/aromatic N) is 1. The lowest BCUT2D eigenvalue weighted by molar-refractivity contribution is -0.139. The molecule has 0 spiro atoms. The average Bonchev–Trinajstić information content (AvgIpc) is 2.62. The number of carbonyl (C=O) groups excluding carboxylic acids is 2. The summed E-state index contributed by atoms with van der Waals surface area (Å²) in [4.78, 5) is 26.2. The van der Waals surface area contributed by atoms with Crippen molar-refractivity contribution in [3.8, 4) is 5.75 Å². The van der Waals surface area contributed by atoms with Crippen molar-refractivity contribution in [3.63, 3.8) is 0 Å². The zero-order valence-electron chi connectivity index (χ0n) is 15.0. The normalized spacial score (nSPS) is 11.5. The van der Waals surface area contributed by atoms with Gasteiger partial charge in [-0.3, -0.25) is 4.79 Å². The Hall–Kier alpha value is -2.82. The van der Waals surface area contributed by atoms with Crippen LogP contribution in [0.2, 0.25) is 0 Å². The minimum absolute atomic E-state index is 0.253. The molecule has 0 saturated heterocycles. The number of ether oxygens (including phenoxy) is 2. The van der Waals surface area contributed by atoms with Crippen LogP contribution in [0, 0.1) is 6.92 Å². The molecule has 0 aromatic heterocycles. The van der Waals surface area contributed by atoms with Crippen LogP contribution in [-0.2, 0) is 16.1 Å². The first-order valence-electron chi connectivity index (χ1n) is 8.07. The minimum Gasteiger partial charge on any atom is -0.496 e. The van der Waals surface area contributed by atoms with Gasteiger partial charge in [0, 0.05) is 13.6 Å². The fraction of sp³-hybridized carbons (Fsp3) is 0.300. The first-order valence-corrected chi connectivity index (χ1v) is 8.07. The number of rotatable bonds is 6. The van der Waals surface area contributed by atoms with Crippen LogP contribution in [0.4, 0.5) is 0 Å². The predicted molar refractivity (Wildman–Crippen MR) is 95.5 cm³/mol. The van der Waals surface area contributed by atoms with Gasteiger partial charge in [-0.05, 0) is 37.1 Å². The summed E-state index contributed by atoms with van der Waals surface area (Å²) < 4.78 is 10.5. The molecule has 0 aliphatic heterocycles. The van der Waals surface area contributed by atoms with Gasteiger partial charge in [-0.2, -0.15) is 0 Å². The number of aryl methyl sites for hydroxylation is 1. The van der Waals surface area contributed by atoms with Gasteiger partial charge in [0.15, 0.2) is 6.10 Å². The lowest BCUT2D eigenvalue weighted by Crippen LogP contribution is -2.37. The summed E-state index contributed by atoms with van der Waals surface area (Å²) in [7, 11) is 3.23. The highest BCUT2D eigenvalue weighted by atomic mass is 16.5. The Morgan fingerprint density at radius 1 is 1.12 bits per heavy atom. The molecule has 0 N–H and O–H groups in total. The molecular formula is C20H23NO4. The van der Waals surface area contributed by atoms with E-state index in [0.717, 1.165) is 11.1 Å². The van der Waals surface area contributed by atoms with Crippen LogP contribution < -0.4 is 4.74 Å². The second-order valence-electron chi connectivity index (χ2n) is 5.91. The highest BCUT2D eigenvalue weighted by molar-refractivity contribution is 5.92. The van der Waals surface area contributed by atoms with Gasteiger partial charge in [0.1, 0.15) is 5.75 Å². The maximum absolute atomic E-state index is 12.4. The number of likely N-dealkylation sites (N-methyl/N-ethyl adjacent to an activating group) is 1. The summed E-state index contributed by atoms with van der Waals surface area (Å²) in [5.41, 5.74) is 2.29. The zero-order chi connectivity index (χ0) is 18.4. The first-order chi connectivity index (χ1) is 11.9. The van der Waals surface area contributed by atoms with Crippen molar-refractivity contribution in [2.75, 3.05) is 14.2 Å². The second kappa shape index (κ2) is 8.33. The van der Waals surface area contributed by atoms with Crippen LogP contribution in [0.3, 0.4) is 0 Å². The molecule has 0 aliphatic rings. The van der Waals surface area contributed by atoms with Crippen molar-refractivity contribution in [1.82, 2.24) is 4.90 Å².